The van der Waals surface area contributed by atoms with Crippen LogP contribution >= 0.6 is 0 Å². The highest BCUT2D eigenvalue weighted by molar-refractivity contribution is 5.95. The Morgan fingerprint density at radius 3 is 2.63 bits per heavy atom. The van der Waals surface area contributed by atoms with Gasteiger partial charge in [0.05, 0.1) is 11.2 Å². The normalized spacial score (nSPS) is 11.4. The summed E-state index contributed by atoms with van der Waals surface area (Å²) >= 11 is 0. The van der Waals surface area contributed by atoms with E-state index in [1.54, 1.807) is 13.0 Å². The quantitative estimate of drug-likeness (QED) is 0.689. The minimum Gasteiger partial charge on any atom is -0.478 e. The van der Waals surface area contributed by atoms with E-state index in [4.69, 9.17) is 15.6 Å². The van der Waals surface area contributed by atoms with Crippen molar-refractivity contribution in [3.8, 4) is 0 Å². The number of carbonyl (C=O) groups is 1. The number of anilines is 2. The van der Waals surface area contributed by atoms with Crippen molar-refractivity contribution in [1.82, 2.24) is 0 Å². The van der Waals surface area contributed by atoms with Gasteiger partial charge in [0, 0.05) is 24.5 Å². The molecule has 1 aromatic carbocycles. The zero-order valence-electron chi connectivity index (χ0n) is 11.9. The number of rotatable bonds is 6. The molecule has 1 rings (SSSR count). The van der Waals surface area contributed by atoms with Crippen LogP contribution in [0.25, 0.3) is 0 Å². The molecule has 0 atom stereocenters. The Morgan fingerprint density at radius 2 is 2.11 bits per heavy atom. The van der Waals surface area contributed by atoms with Gasteiger partial charge in [-0.25, -0.2) is 4.79 Å². The highest BCUT2D eigenvalue weighted by Gasteiger charge is 2.18. The van der Waals surface area contributed by atoms with Gasteiger partial charge in [0.1, 0.15) is 0 Å². The zero-order valence-corrected chi connectivity index (χ0v) is 11.9. The third-order valence-electron chi connectivity index (χ3n) is 2.87. The van der Waals surface area contributed by atoms with Gasteiger partial charge in [-0.3, -0.25) is 0 Å². The Bertz CT molecular complexity index is 470. The second-order valence-electron chi connectivity index (χ2n) is 5.11. The van der Waals surface area contributed by atoms with Crippen molar-refractivity contribution in [2.24, 2.45) is 0 Å². The summed E-state index contributed by atoms with van der Waals surface area (Å²) in [6.07, 6.45) is 0. The van der Waals surface area contributed by atoms with Gasteiger partial charge in [-0.1, -0.05) is 0 Å². The summed E-state index contributed by atoms with van der Waals surface area (Å²) in [5, 5.41) is 12.3. The first-order chi connectivity index (χ1) is 8.76. The van der Waals surface area contributed by atoms with Crippen molar-refractivity contribution < 1.29 is 14.6 Å². The van der Waals surface area contributed by atoms with Gasteiger partial charge < -0.3 is 20.9 Å². The molecule has 0 unspecified atom stereocenters. The number of hydrogen-bond acceptors (Lipinski definition) is 4. The monoisotopic (exact) mass is 266 g/mol. The summed E-state index contributed by atoms with van der Waals surface area (Å²) in [4.78, 5) is 11.1. The fourth-order valence-electron chi connectivity index (χ4n) is 1.83. The highest BCUT2D eigenvalue weighted by atomic mass is 16.5. The summed E-state index contributed by atoms with van der Waals surface area (Å²) < 4.78 is 5.58. The Balaban J connectivity index is 2.88. The summed E-state index contributed by atoms with van der Waals surface area (Å²) in [5.41, 5.74) is 7.35. The number of hydrogen-bond donors (Lipinski definition) is 3. The maximum absolute atomic E-state index is 11.1. The Labute approximate surface area is 113 Å². The van der Waals surface area contributed by atoms with Crippen molar-refractivity contribution in [2.45, 2.75) is 33.3 Å². The summed E-state index contributed by atoms with van der Waals surface area (Å²) in [5.74, 6) is -1.02. The van der Waals surface area contributed by atoms with Crippen molar-refractivity contribution in [2.75, 3.05) is 24.2 Å². The van der Waals surface area contributed by atoms with E-state index in [0.717, 1.165) is 11.3 Å². The maximum atomic E-state index is 11.1. The molecule has 106 valence electrons. The molecule has 0 amide bonds. The first-order valence-corrected chi connectivity index (χ1v) is 6.28. The van der Waals surface area contributed by atoms with E-state index in [0.29, 0.717) is 18.8 Å². The van der Waals surface area contributed by atoms with Crippen LogP contribution in [0.15, 0.2) is 12.1 Å². The minimum atomic E-state index is -1.02. The van der Waals surface area contributed by atoms with Crippen LogP contribution in [0.5, 0.6) is 0 Å². The molecule has 0 aliphatic heterocycles. The van der Waals surface area contributed by atoms with Crippen molar-refractivity contribution in [3.05, 3.63) is 23.3 Å². The van der Waals surface area contributed by atoms with Gasteiger partial charge in [0.25, 0.3) is 0 Å². The summed E-state index contributed by atoms with van der Waals surface area (Å²) in [6.45, 7) is 8.91. The molecule has 0 heterocycles. The van der Waals surface area contributed by atoms with Gasteiger partial charge in [-0.2, -0.15) is 0 Å². The van der Waals surface area contributed by atoms with Crippen LogP contribution in [0.2, 0.25) is 0 Å². The number of aromatic carboxylic acids is 1. The SMILES string of the molecule is CCOC(C)(C)CNc1cc(C)c(N)c(C(=O)O)c1. The van der Waals surface area contributed by atoms with Crippen LogP contribution in [0.1, 0.15) is 36.7 Å². The lowest BCUT2D eigenvalue weighted by molar-refractivity contribution is 0.000696. The van der Waals surface area contributed by atoms with E-state index in [1.807, 2.05) is 26.8 Å². The van der Waals surface area contributed by atoms with Gasteiger partial charge in [-0.15, -0.1) is 0 Å². The van der Waals surface area contributed by atoms with Gasteiger partial charge >= 0.3 is 5.97 Å². The topological polar surface area (TPSA) is 84.6 Å². The number of aryl methyl sites for hydroxylation is 1. The molecule has 0 aromatic heterocycles. The molecule has 0 radical (unpaired) electrons. The lowest BCUT2D eigenvalue weighted by Crippen LogP contribution is -2.33. The smallest absolute Gasteiger partial charge is 0.337 e. The number of carboxylic acid groups (broad SMARTS) is 1. The Hall–Kier alpha value is -1.75. The molecule has 0 saturated heterocycles. The average Bonchev–Trinajstić information content (AvgIpc) is 2.30. The summed E-state index contributed by atoms with van der Waals surface area (Å²) in [6, 6.07) is 3.39. The van der Waals surface area contributed by atoms with Crippen LogP contribution in [0, 0.1) is 6.92 Å². The number of carboxylic acids is 1. The molecule has 0 spiro atoms. The van der Waals surface area contributed by atoms with Gasteiger partial charge in [0.15, 0.2) is 0 Å². The molecule has 0 bridgehead atoms. The van der Waals surface area contributed by atoms with E-state index >= 15 is 0 Å². The maximum Gasteiger partial charge on any atom is 0.337 e. The molecule has 0 aliphatic carbocycles. The van der Waals surface area contributed by atoms with Crippen LogP contribution in [-0.4, -0.2) is 29.8 Å². The van der Waals surface area contributed by atoms with Crippen molar-refractivity contribution in [3.63, 3.8) is 0 Å². The van der Waals surface area contributed by atoms with Gasteiger partial charge in [0.2, 0.25) is 0 Å². The van der Waals surface area contributed by atoms with Crippen molar-refractivity contribution >= 4 is 17.3 Å². The van der Waals surface area contributed by atoms with Crippen LogP contribution in [0.3, 0.4) is 0 Å². The van der Waals surface area contributed by atoms with Crippen LogP contribution in [0.4, 0.5) is 11.4 Å². The molecular weight excluding hydrogens is 244 g/mol. The number of nitrogen functional groups attached to an aromatic ring is 1. The van der Waals surface area contributed by atoms with E-state index in [2.05, 4.69) is 5.32 Å². The van der Waals surface area contributed by atoms with Crippen LogP contribution < -0.4 is 11.1 Å². The Morgan fingerprint density at radius 1 is 1.47 bits per heavy atom. The minimum absolute atomic E-state index is 0.122. The average molecular weight is 266 g/mol. The number of nitrogens with two attached hydrogens (primary N) is 1. The first-order valence-electron chi connectivity index (χ1n) is 6.28. The molecule has 19 heavy (non-hydrogen) atoms. The number of ether oxygens (including phenoxy) is 1. The molecule has 0 aliphatic rings. The Kier molecular flexibility index (Phi) is 4.78. The molecule has 1 aromatic rings. The lowest BCUT2D eigenvalue weighted by Gasteiger charge is -2.25. The van der Waals surface area contributed by atoms with E-state index in [1.165, 1.54) is 0 Å². The second-order valence-corrected chi connectivity index (χ2v) is 5.11. The number of nitrogens with one attached hydrogen (secondary N) is 1. The molecule has 0 fully saturated rings. The second kappa shape index (κ2) is 5.93. The van der Waals surface area contributed by atoms with Gasteiger partial charge in [-0.05, 0) is 45.4 Å². The third kappa shape index (κ3) is 4.13. The predicted molar refractivity (Wildman–Crippen MR) is 76.7 cm³/mol. The van der Waals surface area contributed by atoms with E-state index in [9.17, 15) is 4.79 Å². The largest absolute Gasteiger partial charge is 0.478 e. The highest BCUT2D eigenvalue weighted by Crippen LogP contribution is 2.23. The number of benzene rings is 1. The summed E-state index contributed by atoms with van der Waals surface area (Å²) in [7, 11) is 0. The third-order valence-corrected chi connectivity index (χ3v) is 2.87. The van der Waals surface area contributed by atoms with E-state index < -0.39 is 5.97 Å². The molecular formula is C14H22N2O3. The first kappa shape index (κ1) is 15.3. The van der Waals surface area contributed by atoms with Crippen LogP contribution in [-0.2, 0) is 4.74 Å². The zero-order chi connectivity index (χ0) is 14.6. The molecule has 5 nitrogen and oxygen atoms in total. The lowest BCUT2D eigenvalue weighted by atomic mass is 10.1. The fraction of sp³-hybridized carbons (Fsp3) is 0.500. The van der Waals surface area contributed by atoms with E-state index in [-0.39, 0.29) is 11.2 Å². The molecule has 5 heteroatoms. The molecule has 0 saturated carbocycles. The van der Waals surface area contributed by atoms with Crippen molar-refractivity contribution in [1.29, 1.82) is 0 Å². The standard InChI is InChI=1S/C14H22N2O3/c1-5-19-14(3,4)8-16-10-6-9(2)12(15)11(7-10)13(17)18/h6-7,16H,5,8,15H2,1-4H3,(H,17,18). The fourth-order valence-corrected chi connectivity index (χ4v) is 1.83. The molecule has 4 N–H and O–H groups in total. The predicted octanol–water partition coefficient (Wildman–Crippen LogP) is 2.50.